The van der Waals surface area contributed by atoms with Crippen molar-refractivity contribution in [3.8, 4) is 0 Å². The van der Waals surface area contributed by atoms with Crippen molar-refractivity contribution in [3.63, 3.8) is 0 Å². The summed E-state index contributed by atoms with van der Waals surface area (Å²) in [5.74, 6) is -0.979. The van der Waals surface area contributed by atoms with Crippen LogP contribution in [0.2, 0.25) is 0 Å². The van der Waals surface area contributed by atoms with E-state index in [1.54, 1.807) is 0 Å². The highest BCUT2D eigenvalue weighted by atomic mass is 16.6. The van der Waals surface area contributed by atoms with Crippen LogP contribution in [0.5, 0.6) is 0 Å². The third-order valence-corrected chi connectivity index (χ3v) is 4.71. The Morgan fingerprint density at radius 3 is 2.04 bits per heavy atom. The first kappa shape index (κ1) is 20.0. The Balaban J connectivity index is 1.98. The Morgan fingerprint density at radius 1 is 1.00 bits per heavy atom. The zero-order valence-corrected chi connectivity index (χ0v) is 15.0. The molecule has 0 aliphatic carbocycles. The van der Waals surface area contributed by atoms with Gasteiger partial charge in [-0.1, -0.05) is 71.1 Å². The number of hydrogen-bond acceptors (Lipinski definition) is 4. The highest BCUT2D eigenvalue weighted by Gasteiger charge is 2.39. The zero-order valence-electron chi connectivity index (χ0n) is 15.0. The predicted molar refractivity (Wildman–Crippen MR) is 91.1 cm³/mol. The molecule has 0 amide bonds. The maximum atomic E-state index is 11.6. The number of unbranched alkanes of at least 4 members (excludes halogenated alkanes) is 10. The molecular formula is C19H34O4. The average Bonchev–Trinajstić information content (AvgIpc) is 2.92. The zero-order chi connectivity index (χ0) is 16.9. The molecule has 0 aromatic heterocycles. The summed E-state index contributed by atoms with van der Waals surface area (Å²) in [5, 5.41) is 0. The van der Waals surface area contributed by atoms with Crippen LogP contribution in [0.1, 0.15) is 90.4 Å². The highest BCUT2D eigenvalue weighted by molar-refractivity contribution is 5.83. The molecule has 134 valence electrons. The highest BCUT2D eigenvalue weighted by Crippen LogP contribution is 2.27. The number of methoxy groups -OCH3 is 1. The van der Waals surface area contributed by atoms with Gasteiger partial charge in [-0.3, -0.25) is 9.59 Å². The topological polar surface area (TPSA) is 52.6 Å². The largest absolute Gasteiger partial charge is 0.469 e. The van der Waals surface area contributed by atoms with Crippen molar-refractivity contribution >= 4 is 11.9 Å². The SMILES string of the molecule is CCCCCCCCCCCCC[C@@H]1OC(=O)C[C@H]1C(=O)OC. The maximum absolute atomic E-state index is 11.6. The fraction of sp³-hybridized carbons (Fsp3) is 0.895. The fourth-order valence-electron chi connectivity index (χ4n) is 3.27. The summed E-state index contributed by atoms with van der Waals surface area (Å²) in [5.41, 5.74) is 0. The molecule has 0 spiro atoms. The Hall–Kier alpha value is -1.06. The Morgan fingerprint density at radius 2 is 1.52 bits per heavy atom. The van der Waals surface area contributed by atoms with Crippen LogP contribution >= 0.6 is 0 Å². The first-order valence-electron chi connectivity index (χ1n) is 9.46. The molecule has 0 bridgehead atoms. The number of rotatable bonds is 13. The Bertz CT molecular complexity index is 340. The van der Waals surface area contributed by atoms with Crippen LogP contribution in [0.25, 0.3) is 0 Å². The van der Waals surface area contributed by atoms with E-state index in [1.807, 2.05) is 0 Å². The van der Waals surface area contributed by atoms with E-state index in [0.29, 0.717) is 0 Å². The molecule has 4 nitrogen and oxygen atoms in total. The van der Waals surface area contributed by atoms with E-state index < -0.39 is 5.92 Å². The third-order valence-electron chi connectivity index (χ3n) is 4.71. The van der Waals surface area contributed by atoms with E-state index in [-0.39, 0.29) is 24.5 Å². The van der Waals surface area contributed by atoms with Crippen molar-refractivity contribution < 1.29 is 19.1 Å². The Kier molecular flexibility index (Phi) is 10.8. The lowest BCUT2D eigenvalue weighted by molar-refractivity contribution is -0.147. The normalized spacial score (nSPS) is 20.5. The lowest BCUT2D eigenvalue weighted by atomic mass is 9.96. The number of carbonyl (C=O) groups excluding carboxylic acids is 2. The minimum atomic E-state index is -0.393. The molecule has 1 rings (SSSR count). The Labute approximate surface area is 141 Å². The molecule has 0 saturated carbocycles. The van der Waals surface area contributed by atoms with Gasteiger partial charge < -0.3 is 9.47 Å². The van der Waals surface area contributed by atoms with Crippen LogP contribution in [-0.4, -0.2) is 25.2 Å². The molecule has 0 radical (unpaired) electrons. The monoisotopic (exact) mass is 326 g/mol. The van der Waals surface area contributed by atoms with Crippen molar-refractivity contribution in [1.29, 1.82) is 0 Å². The van der Waals surface area contributed by atoms with E-state index in [4.69, 9.17) is 9.47 Å². The van der Waals surface area contributed by atoms with Crippen LogP contribution in [0, 0.1) is 5.92 Å². The van der Waals surface area contributed by atoms with E-state index in [1.165, 1.54) is 64.9 Å². The van der Waals surface area contributed by atoms with Gasteiger partial charge in [-0.15, -0.1) is 0 Å². The van der Waals surface area contributed by atoms with Gasteiger partial charge in [-0.25, -0.2) is 0 Å². The number of cyclic esters (lactones) is 1. The molecule has 2 atom stereocenters. The van der Waals surface area contributed by atoms with Crippen molar-refractivity contribution in [3.05, 3.63) is 0 Å². The summed E-state index contributed by atoms with van der Waals surface area (Å²) < 4.78 is 10.00. The van der Waals surface area contributed by atoms with Crippen molar-refractivity contribution in [2.45, 2.75) is 96.5 Å². The molecule has 1 heterocycles. The van der Waals surface area contributed by atoms with Crippen molar-refractivity contribution in [2.24, 2.45) is 5.92 Å². The number of carbonyl (C=O) groups is 2. The van der Waals surface area contributed by atoms with Gasteiger partial charge in [0.15, 0.2) is 0 Å². The predicted octanol–water partition coefficient (Wildman–Crippen LogP) is 4.79. The van der Waals surface area contributed by atoms with Gasteiger partial charge in [-0.2, -0.15) is 0 Å². The minimum absolute atomic E-state index is 0.176. The van der Waals surface area contributed by atoms with Crippen LogP contribution < -0.4 is 0 Å². The third kappa shape index (κ3) is 8.38. The van der Waals surface area contributed by atoms with Gasteiger partial charge in [0.25, 0.3) is 0 Å². The molecule has 1 aliphatic rings. The van der Waals surface area contributed by atoms with E-state index in [0.717, 1.165) is 19.3 Å². The van der Waals surface area contributed by atoms with Gasteiger partial charge in [-0.05, 0) is 12.8 Å². The number of esters is 2. The molecule has 1 fully saturated rings. The smallest absolute Gasteiger partial charge is 0.313 e. The van der Waals surface area contributed by atoms with Gasteiger partial charge >= 0.3 is 11.9 Å². The van der Waals surface area contributed by atoms with Crippen LogP contribution in [0.3, 0.4) is 0 Å². The molecule has 0 N–H and O–H groups in total. The average molecular weight is 326 g/mol. The summed E-state index contributed by atoms with van der Waals surface area (Å²) in [7, 11) is 1.37. The second-order valence-electron chi connectivity index (χ2n) is 6.69. The molecule has 0 aromatic rings. The summed E-state index contributed by atoms with van der Waals surface area (Å²) in [6, 6.07) is 0. The quantitative estimate of drug-likeness (QED) is 0.360. The molecule has 4 heteroatoms. The van der Waals surface area contributed by atoms with Gasteiger partial charge in [0.05, 0.1) is 13.5 Å². The van der Waals surface area contributed by atoms with Crippen LogP contribution in [0.4, 0.5) is 0 Å². The molecule has 23 heavy (non-hydrogen) atoms. The summed E-state index contributed by atoms with van der Waals surface area (Å²) in [6.45, 7) is 2.25. The van der Waals surface area contributed by atoms with E-state index in [2.05, 4.69) is 6.92 Å². The van der Waals surface area contributed by atoms with Crippen molar-refractivity contribution in [1.82, 2.24) is 0 Å². The van der Waals surface area contributed by atoms with Crippen LogP contribution in [0.15, 0.2) is 0 Å². The van der Waals surface area contributed by atoms with Crippen LogP contribution in [-0.2, 0) is 19.1 Å². The molecule has 0 unspecified atom stereocenters. The number of hydrogen-bond donors (Lipinski definition) is 0. The molecular weight excluding hydrogens is 292 g/mol. The van der Waals surface area contributed by atoms with E-state index in [9.17, 15) is 9.59 Å². The van der Waals surface area contributed by atoms with Gasteiger partial charge in [0.1, 0.15) is 12.0 Å². The lowest BCUT2D eigenvalue weighted by Crippen LogP contribution is -2.25. The standard InChI is InChI=1S/C19H34O4/c1-3-4-5-6-7-8-9-10-11-12-13-14-17-16(19(21)22-2)15-18(20)23-17/h16-17H,3-15H2,1-2H3/t16-,17+/m1/s1. The summed E-state index contributed by atoms with van der Waals surface area (Å²) >= 11 is 0. The molecule has 1 aliphatic heterocycles. The number of ether oxygens (including phenoxy) is 2. The second kappa shape index (κ2) is 12.4. The lowest BCUT2D eigenvalue weighted by Gasteiger charge is -2.15. The maximum Gasteiger partial charge on any atom is 0.313 e. The van der Waals surface area contributed by atoms with Gasteiger partial charge in [0.2, 0.25) is 0 Å². The molecule has 1 saturated heterocycles. The summed E-state index contributed by atoms with van der Waals surface area (Å²) in [4.78, 5) is 23.0. The summed E-state index contributed by atoms with van der Waals surface area (Å²) in [6.07, 6.45) is 14.9. The van der Waals surface area contributed by atoms with Gasteiger partial charge in [0, 0.05) is 0 Å². The van der Waals surface area contributed by atoms with Crippen molar-refractivity contribution in [2.75, 3.05) is 7.11 Å². The second-order valence-corrected chi connectivity index (χ2v) is 6.69. The van der Waals surface area contributed by atoms with E-state index >= 15 is 0 Å². The minimum Gasteiger partial charge on any atom is -0.469 e. The first-order chi connectivity index (χ1) is 11.2. The first-order valence-corrected chi connectivity index (χ1v) is 9.46. The molecule has 0 aromatic carbocycles. The fourth-order valence-corrected chi connectivity index (χ4v) is 3.27.